The third-order valence-electron chi connectivity index (χ3n) is 5.23. The van der Waals surface area contributed by atoms with Gasteiger partial charge < -0.3 is 14.8 Å². The van der Waals surface area contributed by atoms with Crippen LogP contribution in [0.15, 0.2) is 65.3 Å². The van der Waals surface area contributed by atoms with E-state index in [1.807, 2.05) is 6.07 Å². The van der Waals surface area contributed by atoms with E-state index in [0.717, 1.165) is 12.1 Å². The number of halogens is 7. The molecule has 0 spiro atoms. The van der Waals surface area contributed by atoms with E-state index in [1.165, 1.54) is 31.2 Å². The molecule has 3 aromatic rings. The molecule has 3 aromatic carbocycles. The molecule has 18 heteroatoms. The standard InChI is InChI=1S/C24H12BrF6N3O3S5/c1-24(9-33,34-23(35)17-18(38-27)20(40-29)22(42-31)21(41-30)19(17)39-28)10-36-16-6-11(8-32)2-4-15(16)37-14-5-3-12(26)7-13(14)25/h2-7H,10H2,1H3,(H,34,35). The van der Waals surface area contributed by atoms with Crippen LogP contribution in [-0.4, -0.2) is 18.1 Å². The highest BCUT2D eigenvalue weighted by molar-refractivity contribution is 9.10. The minimum Gasteiger partial charge on any atom is -0.486 e. The molecular weight excluding hydrogens is 733 g/mol. The van der Waals surface area contributed by atoms with Crippen molar-refractivity contribution in [2.75, 3.05) is 6.61 Å². The molecule has 42 heavy (non-hydrogen) atoms. The Balaban J connectivity index is 1.97. The summed E-state index contributed by atoms with van der Waals surface area (Å²) in [4.78, 5) is 9.23. The zero-order chi connectivity index (χ0) is 31.0. The van der Waals surface area contributed by atoms with Crippen molar-refractivity contribution in [1.29, 1.82) is 10.5 Å². The van der Waals surface area contributed by atoms with E-state index in [4.69, 9.17) is 9.47 Å². The summed E-state index contributed by atoms with van der Waals surface area (Å²) >= 11 is -0.244. The number of nitrogens with zero attached hydrogens (tertiary/aromatic N) is 2. The van der Waals surface area contributed by atoms with Gasteiger partial charge in [-0.25, -0.2) is 4.39 Å². The fourth-order valence-corrected chi connectivity index (χ4v) is 6.65. The van der Waals surface area contributed by atoms with E-state index in [1.54, 1.807) is 6.07 Å². The summed E-state index contributed by atoms with van der Waals surface area (Å²) in [5, 5.41) is 21.4. The zero-order valence-corrected chi connectivity index (χ0v) is 26.1. The largest absolute Gasteiger partial charge is 0.486 e. The average Bonchev–Trinajstić information content (AvgIpc) is 2.99. The van der Waals surface area contributed by atoms with Crippen molar-refractivity contribution in [1.82, 2.24) is 5.32 Å². The van der Waals surface area contributed by atoms with Gasteiger partial charge in [0.15, 0.2) is 17.0 Å². The average molecular weight is 745 g/mol. The lowest BCUT2D eigenvalue weighted by Crippen LogP contribution is -2.49. The van der Waals surface area contributed by atoms with Crippen molar-refractivity contribution < 1.29 is 38.1 Å². The van der Waals surface area contributed by atoms with Crippen molar-refractivity contribution in [3.05, 3.63) is 57.8 Å². The highest BCUT2D eigenvalue weighted by Gasteiger charge is 2.35. The number of nitriles is 2. The van der Waals surface area contributed by atoms with Crippen LogP contribution in [0, 0.1) is 28.5 Å². The van der Waals surface area contributed by atoms with Gasteiger partial charge in [-0.1, -0.05) is 0 Å². The summed E-state index contributed by atoms with van der Waals surface area (Å²) in [6.07, 6.45) is 0. The lowest BCUT2D eigenvalue weighted by atomic mass is 10.0. The fraction of sp³-hybridized carbons (Fsp3) is 0.125. The molecule has 0 aliphatic rings. The Morgan fingerprint density at radius 2 is 1.43 bits per heavy atom. The van der Waals surface area contributed by atoms with Crippen LogP contribution in [0.5, 0.6) is 17.2 Å². The third-order valence-corrected chi connectivity index (χ3v) is 9.18. The fourth-order valence-electron chi connectivity index (χ4n) is 3.29. The minimum absolute atomic E-state index is 0.0358. The third kappa shape index (κ3) is 7.53. The molecule has 1 N–H and O–H groups in total. The van der Waals surface area contributed by atoms with E-state index in [9.17, 15) is 39.1 Å². The number of hydrogen-bond acceptors (Lipinski definition) is 10. The molecule has 0 bridgehead atoms. The van der Waals surface area contributed by atoms with Crippen LogP contribution >= 0.6 is 76.7 Å². The van der Waals surface area contributed by atoms with Gasteiger partial charge in [-0.2, -0.15) is 30.0 Å². The van der Waals surface area contributed by atoms with Gasteiger partial charge in [-0.15, -0.1) is 0 Å². The first-order valence-corrected chi connectivity index (χ1v) is 15.2. The summed E-state index contributed by atoms with van der Waals surface area (Å²) in [5.41, 5.74) is -2.68. The molecule has 6 nitrogen and oxygen atoms in total. The van der Waals surface area contributed by atoms with Gasteiger partial charge in [0.2, 0.25) is 0 Å². The van der Waals surface area contributed by atoms with E-state index >= 15 is 0 Å². The predicted molar refractivity (Wildman–Crippen MR) is 154 cm³/mol. The van der Waals surface area contributed by atoms with Gasteiger partial charge >= 0.3 is 0 Å². The Morgan fingerprint density at radius 1 is 0.881 bits per heavy atom. The second-order valence-corrected chi connectivity index (χ2v) is 11.7. The van der Waals surface area contributed by atoms with Gasteiger partial charge in [-0.05, 0) is 53.2 Å². The van der Waals surface area contributed by atoms with Gasteiger partial charge in [0.05, 0.1) is 113 Å². The maximum atomic E-state index is 13.9. The summed E-state index contributed by atoms with van der Waals surface area (Å²) in [5.74, 6) is -1.72. The van der Waals surface area contributed by atoms with E-state index < -0.39 is 115 Å². The summed E-state index contributed by atoms with van der Waals surface area (Å²) in [7, 11) is 0. The number of benzene rings is 3. The zero-order valence-electron chi connectivity index (χ0n) is 20.5. The van der Waals surface area contributed by atoms with Gasteiger partial charge in [0.1, 0.15) is 18.2 Å². The first-order valence-electron chi connectivity index (χ1n) is 10.8. The monoisotopic (exact) mass is 743 g/mol. The van der Waals surface area contributed by atoms with Gasteiger partial charge in [0.25, 0.3) is 5.91 Å². The van der Waals surface area contributed by atoms with E-state index in [-0.39, 0.29) is 27.3 Å². The first kappa shape index (κ1) is 34.0. The number of carbonyl (C=O) groups excluding carboxylic acids is 1. The SMILES string of the molecule is CC(C#N)(COc1cc(C#N)ccc1Oc1ccc(F)cc1Br)NC(=O)c1c(SF)c(SF)c(SF)c(SF)c1SF. The molecule has 0 saturated heterocycles. The smallest absolute Gasteiger partial charge is 0.255 e. The Labute approximate surface area is 265 Å². The summed E-state index contributed by atoms with van der Waals surface area (Å²) < 4.78 is 94.0. The van der Waals surface area contributed by atoms with Crippen LogP contribution in [0.25, 0.3) is 0 Å². The molecule has 3 rings (SSSR count). The first-order chi connectivity index (χ1) is 20.1. The summed E-state index contributed by atoms with van der Waals surface area (Å²) in [6.45, 7) is 0.553. The van der Waals surface area contributed by atoms with Crippen LogP contribution in [-0.2, 0) is 0 Å². The van der Waals surface area contributed by atoms with Crippen LogP contribution in [0.4, 0.5) is 23.8 Å². The number of ether oxygens (including phenoxy) is 2. The lowest BCUT2D eigenvalue weighted by Gasteiger charge is -2.25. The predicted octanol–water partition coefficient (Wildman–Crippen LogP) is 10.2. The van der Waals surface area contributed by atoms with Crippen molar-refractivity contribution >= 4 is 82.6 Å². The molecular formula is C24H12BrF6N3O3S5. The molecule has 1 amide bonds. The van der Waals surface area contributed by atoms with Crippen molar-refractivity contribution in [2.45, 2.75) is 36.9 Å². The Kier molecular flexibility index (Phi) is 12.4. The Bertz CT molecular complexity index is 1560. The number of carbonyl (C=O) groups is 1. The Morgan fingerprint density at radius 3 is 1.93 bits per heavy atom. The molecule has 0 saturated carbocycles. The lowest BCUT2D eigenvalue weighted by molar-refractivity contribution is 0.0892. The normalized spacial score (nSPS) is 12.1. The van der Waals surface area contributed by atoms with E-state index in [2.05, 4.69) is 21.2 Å². The molecule has 0 heterocycles. The van der Waals surface area contributed by atoms with Crippen LogP contribution in [0.1, 0.15) is 22.8 Å². The number of rotatable bonds is 12. The maximum absolute atomic E-state index is 13.9. The molecule has 1 atom stereocenters. The summed E-state index contributed by atoms with van der Waals surface area (Å²) in [6, 6.07) is 11.3. The molecule has 0 fully saturated rings. The van der Waals surface area contributed by atoms with Crippen LogP contribution in [0.3, 0.4) is 0 Å². The highest BCUT2D eigenvalue weighted by Crippen LogP contribution is 2.52. The van der Waals surface area contributed by atoms with Crippen LogP contribution < -0.4 is 14.8 Å². The topological polar surface area (TPSA) is 95.1 Å². The highest BCUT2D eigenvalue weighted by atomic mass is 79.9. The van der Waals surface area contributed by atoms with Crippen molar-refractivity contribution in [2.24, 2.45) is 0 Å². The van der Waals surface area contributed by atoms with Gasteiger partial charge in [-0.3, -0.25) is 4.79 Å². The van der Waals surface area contributed by atoms with Crippen molar-refractivity contribution in [3.63, 3.8) is 0 Å². The number of nitrogens with one attached hydrogen (secondary N) is 1. The molecule has 1 unspecified atom stereocenters. The maximum Gasteiger partial charge on any atom is 0.255 e. The molecule has 220 valence electrons. The minimum atomic E-state index is -1.94. The second kappa shape index (κ2) is 15.3. The molecule has 0 radical (unpaired) electrons. The van der Waals surface area contributed by atoms with Gasteiger partial charge in [0, 0.05) is 6.07 Å². The second-order valence-electron chi connectivity index (χ2n) is 8.04. The van der Waals surface area contributed by atoms with Crippen LogP contribution in [0.2, 0.25) is 0 Å². The number of hydrogen-bond donors (Lipinski definition) is 1. The number of amides is 1. The van der Waals surface area contributed by atoms with Crippen molar-refractivity contribution in [3.8, 4) is 29.4 Å². The van der Waals surface area contributed by atoms with E-state index in [0.29, 0.717) is 0 Å². The Hall–Kier alpha value is -2.48. The molecule has 0 aliphatic heterocycles. The molecule has 0 aliphatic carbocycles. The molecule has 0 aromatic heterocycles. The quantitative estimate of drug-likeness (QED) is 0.181.